The standard InChI is InChI=1S/C11H10N2O/c12-9-6-7-11(13-8-9)14-10-4-2-1-3-5-10/h1-8H,12H2. The van der Waals surface area contributed by atoms with E-state index in [9.17, 15) is 0 Å². The molecule has 3 heteroatoms. The van der Waals surface area contributed by atoms with Gasteiger partial charge < -0.3 is 10.5 Å². The van der Waals surface area contributed by atoms with Gasteiger partial charge in [0, 0.05) is 6.07 Å². The Kier molecular flexibility index (Phi) is 2.32. The van der Waals surface area contributed by atoms with Gasteiger partial charge in [-0.1, -0.05) is 18.2 Å². The topological polar surface area (TPSA) is 48.1 Å². The maximum atomic E-state index is 5.50. The van der Waals surface area contributed by atoms with Crippen molar-refractivity contribution in [2.24, 2.45) is 0 Å². The zero-order chi connectivity index (χ0) is 9.80. The second-order valence-corrected chi connectivity index (χ2v) is 2.84. The van der Waals surface area contributed by atoms with E-state index < -0.39 is 0 Å². The molecule has 0 amide bonds. The molecule has 1 aromatic carbocycles. The van der Waals surface area contributed by atoms with Crippen LogP contribution in [0.5, 0.6) is 11.6 Å². The molecular weight excluding hydrogens is 176 g/mol. The number of nitrogens with zero attached hydrogens (tertiary/aromatic N) is 1. The highest BCUT2D eigenvalue weighted by Crippen LogP contribution is 2.18. The summed E-state index contributed by atoms with van der Waals surface area (Å²) < 4.78 is 5.47. The number of ether oxygens (including phenoxy) is 1. The molecule has 0 aliphatic rings. The Labute approximate surface area is 82.2 Å². The van der Waals surface area contributed by atoms with Crippen LogP contribution < -0.4 is 10.5 Å². The summed E-state index contributed by atoms with van der Waals surface area (Å²) in [7, 11) is 0. The maximum Gasteiger partial charge on any atom is 0.219 e. The Hall–Kier alpha value is -2.03. The number of rotatable bonds is 2. The minimum absolute atomic E-state index is 0.547. The van der Waals surface area contributed by atoms with Gasteiger partial charge >= 0.3 is 0 Å². The zero-order valence-electron chi connectivity index (χ0n) is 7.55. The van der Waals surface area contributed by atoms with Crippen molar-refractivity contribution < 1.29 is 4.74 Å². The van der Waals surface area contributed by atoms with Crippen LogP contribution in [-0.2, 0) is 0 Å². The van der Waals surface area contributed by atoms with E-state index in [-0.39, 0.29) is 0 Å². The smallest absolute Gasteiger partial charge is 0.219 e. The number of nitrogen functional groups attached to an aromatic ring is 1. The minimum Gasteiger partial charge on any atom is -0.439 e. The van der Waals surface area contributed by atoms with Crippen molar-refractivity contribution >= 4 is 5.69 Å². The molecule has 0 radical (unpaired) electrons. The van der Waals surface area contributed by atoms with Crippen LogP contribution in [0.25, 0.3) is 0 Å². The zero-order valence-corrected chi connectivity index (χ0v) is 7.55. The lowest BCUT2D eigenvalue weighted by Crippen LogP contribution is -1.89. The van der Waals surface area contributed by atoms with Gasteiger partial charge in [-0.15, -0.1) is 0 Å². The highest BCUT2D eigenvalue weighted by molar-refractivity contribution is 5.37. The number of nitrogens with two attached hydrogens (primary N) is 1. The Balaban J connectivity index is 2.16. The molecule has 0 fully saturated rings. The molecule has 2 aromatic rings. The predicted molar refractivity (Wildman–Crippen MR) is 55.2 cm³/mol. The number of hydrogen-bond acceptors (Lipinski definition) is 3. The summed E-state index contributed by atoms with van der Waals surface area (Å²) in [5.41, 5.74) is 6.13. The van der Waals surface area contributed by atoms with E-state index >= 15 is 0 Å². The molecule has 3 nitrogen and oxygen atoms in total. The second-order valence-electron chi connectivity index (χ2n) is 2.84. The molecule has 0 aliphatic heterocycles. The van der Waals surface area contributed by atoms with E-state index in [1.165, 1.54) is 0 Å². The van der Waals surface area contributed by atoms with Gasteiger partial charge in [-0.25, -0.2) is 4.98 Å². The number of pyridine rings is 1. The number of anilines is 1. The van der Waals surface area contributed by atoms with Gasteiger partial charge in [-0.05, 0) is 18.2 Å². The van der Waals surface area contributed by atoms with E-state index in [2.05, 4.69) is 4.98 Å². The number of benzene rings is 1. The number of hydrogen-bond donors (Lipinski definition) is 1. The lowest BCUT2D eigenvalue weighted by molar-refractivity contribution is 0.463. The molecule has 0 unspecified atom stereocenters. The maximum absolute atomic E-state index is 5.50. The normalized spacial score (nSPS) is 9.71. The molecule has 70 valence electrons. The summed E-state index contributed by atoms with van der Waals surface area (Å²) >= 11 is 0. The summed E-state index contributed by atoms with van der Waals surface area (Å²) in [5, 5.41) is 0. The van der Waals surface area contributed by atoms with Crippen LogP contribution in [0.1, 0.15) is 0 Å². The summed E-state index contributed by atoms with van der Waals surface area (Å²) in [6.45, 7) is 0. The van der Waals surface area contributed by atoms with Crippen molar-refractivity contribution in [2.45, 2.75) is 0 Å². The van der Waals surface area contributed by atoms with Crippen molar-refractivity contribution in [1.29, 1.82) is 0 Å². The Morgan fingerprint density at radius 3 is 2.43 bits per heavy atom. The van der Waals surface area contributed by atoms with Crippen molar-refractivity contribution in [3.63, 3.8) is 0 Å². The lowest BCUT2D eigenvalue weighted by Gasteiger charge is -2.03. The second kappa shape index (κ2) is 3.79. The summed E-state index contributed by atoms with van der Waals surface area (Å²) in [6, 6.07) is 13.0. The van der Waals surface area contributed by atoms with E-state index in [1.807, 2.05) is 30.3 Å². The van der Waals surface area contributed by atoms with Crippen LogP contribution in [-0.4, -0.2) is 4.98 Å². The van der Waals surface area contributed by atoms with Gasteiger partial charge in [0.2, 0.25) is 5.88 Å². The van der Waals surface area contributed by atoms with Crippen molar-refractivity contribution in [3.8, 4) is 11.6 Å². The summed E-state index contributed by atoms with van der Waals surface area (Å²) in [6.07, 6.45) is 1.57. The highest BCUT2D eigenvalue weighted by Gasteiger charge is 1.96. The number of para-hydroxylation sites is 1. The molecule has 0 spiro atoms. The van der Waals surface area contributed by atoms with E-state index in [4.69, 9.17) is 10.5 Å². The molecule has 0 aliphatic carbocycles. The SMILES string of the molecule is Nc1ccc(Oc2ccccc2)nc1. The third-order valence-electron chi connectivity index (χ3n) is 1.72. The lowest BCUT2D eigenvalue weighted by atomic mass is 10.3. The van der Waals surface area contributed by atoms with Crippen LogP contribution in [0.15, 0.2) is 48.7 Å². The fourth-order valence-corrected chi connectivity index (χ4v) is 1.06. The molecule has 0 atom stereocenters. The van der Waals surface area contributed by atoms with E-state index in [0.29, 0.717) is 11.6 Å². The highest BCUT2D eigenvalue weighted by atomic mass is 16.5. The fraction of sp³-hybridized carbons (Fsp3) is 0. The van der Waals surface area contributed by atoms with Crippen LogP contribution in [0.2, 0.25) is 0 Å². The first-order chi connectivity index (χ1) is 6.84. The fourth-order valence-electron chi connectivity index (χ4n) is 1.06. The van der Waals surface area contributed by atoms with Crippen molar-refractivity contribution in [2.75, 3.05) is 5.73 Å². The predicted octanol–water partition coefficient (Wildman–Crippen LogP) is 2.46. The molecular formula is C11H10N2O. The monoisotopic (exact) mass is 186 g/mol. The Morgan fingerprint density at radius 2 is 1.79 bits per heavy atom. The van der Waals surface area contributed by atoms with Crippen molar-refractivity contribution in [3.05, 3.63) is 48.7 Å². The van der Waals surface area contributed by atoms with Crippen LogP contribution >= 0.6 is 0 Å². The van der Waals surface area contributed by atoms with Gasteiger partial charge in [0.05, 0.1) is 11.9 Å². The number of aromatic nitrogens is 1. The van der Waals surface area contributed by atoms with Crippen LogP contribution in [0.4, 0.5) is 5.69 Å². The molecule has 1 heterocycles. The van der Waals surface area contributed by atoms with Crippen LogP contribution in [0.3, 0.4) is 0 Å². The molecule has 0 bridgehead atoms. The van der Waals surface area contributed by atoms with Gasteiger partial charge in [0.15, 0.2) is 0 Å². The molecule has 1 aromatic heterocycles. The van der Waals surface area contributed by atoms with E-state index in [1.54, 1.807) is 18.3 Å². The van der Waals surface area contributed by atoms with Gasteiger partial charge in [0.1, 0.15) is 5.75 Å². The summed E-state index contributed by atoms with van der Waals surface area (Å²) in [5.74, 6) is 1.31. The average molecular weight is 186 g/mol. The molecule has 14 heavy (non-hydrogen) atoms. The third kappa shape index (κ3) is 2.01. The Bertz CT molecular complexity index is 397. The van der Waals surface area contributed by atoms with Gasteiger partial charge in [-0.3, -0.25) is 0 Å². The third-order valence-corrected chi connectivity index (χ3v) is 1.72. The molecule has 2 rings (SSSR count). The van der Waals surface area contributed by atoms with Crippen LogP contribution in [0, 0.1) is 0 Å². The average Bonchev–Trinajstić information content (AvgIpc) is 2.23. The Morgan fingerprint density at radius 1 is 1.00 bits per heavy atom. The molecule has 2 N–H and O–H groups in total. The van der Waals surface area contributed by atoms with Crippen molar-refractivity contribution in [1.82, 2.24) is 4.98 Å². The molecule has 0 saturated heterocycles. The first-order valence-corrected chi connectivity index (χ1v) is 4.29. The van der Waals surface area contributed by atoms with E-state index in [0.717, 1.165) is 5.75 Å². The summed E-state index contributed by atoms with van der Waals surface area (Å²) in [4.78, 5) is 4.03. The first kappa shape index (κ1) is 8.56. The minimum atomic E-state index is 0.547. The molecule has 0 saturated carbocycles. The largest absolute Gasteiger partial charge is 0.439 e. The quantitative estimate of drug-likeness (QED) is 0.783. The van der Waals surface area contributed by atoms with Gasteiger partial charge in [-0.2, -0.15) is 0 Å². The van der Waals surface area contributed by atoms with Gasteiger partial charge in [0.25, 0.3) is 0 Å². The first-order valence-electron chi connectivity index (χ1n) is 4.29.